The van der Waals surface area contributed by atoms with Crippen LogP contribution in [-0.4, -0.2) is 18.7 Å². The van der Waals surface area contributed by atoms with E-state index in [1.165, 1.54) is 18.3 Å². The molecular weight excluding hydrogens is 477 g/mol. The van der Waals surface area contributed by atoms with Crippen molar-refractivity contribution in [1.82, 2.24) is 5.43 Å². The van der Waals surface area contributed by atoms with Crippen molar-refractivity contribution in [2.75, 3.05) is 6.61 Å². The van der Waals surface area contributed by atoms with Gasteiger partial charge in [0.1, 0.15) is 12.4 Å². The standard InChI is InChI=1S/C24H19BrFN3O3/c1-2-31-22-12-18(10-20(25)23(22)32-15-16-6-4-3-5-7-16)14-28-29-24(30)19-9-8-17(13-27)11-21(19)26/h3-12,14H,2,15H2,1H3,(H,29,30). The van der Waals surface area contributed by atoms with Gasteiger partial charge in [0.2, 0.25) is 0 Å². The number of hydrogen-bond acceptors (Lipinski definition) is 5. The summed E-state index contributed by atoms with van der Waals surface area (Å²) in [7, 11) is 0. The Morgan fingerprint density at radius 1 is 1.19 bits per heavy atom. The molecule has 0 radical (unpaired) electrons. The molecule has 0 bridgehead atoms. The number of rotatable bonds is 8. The number of nitriles is 1. The molecule has 0 saturated heterocycles. The fourth-order valence-electron chi connectivity index (χ4n) is 2.79. The summed E-state index contributed by atoms with van der Waals surface area (Å²) >= 11 is 3.49. The van der Waals surface area contributed by atoms with Crippen LogP contribution in [0.5, 0.6) is 11.5 Å². The van der Waals surface area contributed by atoms with Crippen LogP contribution in [0.4, 0.5) is 4.39 Å². The number of carbonyl (C=O) groups is 1. The lowest BCUT2D eigenvalue weighted by molar-refractivity contribution is 0.0951. The molecule has 0 aromatic heterocycles. The van der Waals surface area contributed by atoms with E-state index in [0.717, 1.165) is 11.6 Å². The van der Waals surface area contributed by atoms with Gasteiger partial charge in [-0.15, -0.1) is 0 Å². The Labute approximate surface area is 193 Å². The number of benzene rings is 3. The smallest absolute Gasteiger partial charge is 0.274 e. The molecule has 3 rings (SSSR count). The Morgan fingerprint density at radius 2 is 1.97 bits per heavy atom. The molecule has 0 saturated carbocycles. The van der Waals surface area contributed by atoms with Crippen molar-refractivity contribution in [1.29, 1.82) is 5.26 Å². The summed E-state index contributed by atoms with van der Waals surface area (Å²) in [6, 6.07) is 18.7. The third-order valence-corrected chi connectivity index (χ3v) is 4.87. The second-order valence-corrected chi connectivity index (χ2v) is 7.40. The van der Waals surface area contributed by atoms with Crippen LogP contribution in [-0.2, 0) is 6.61 Å². The van der Waals surface area contributed by atoms with E-state index in [9.17, 15) is 9.18 Å². The highest BCUT2D eigenvalue weighted by Crippen LogP contribution is 2.37. The van der Waals surface area contributed by atoms with Gasteiger partial charge in [0.15, 0.2) is 11.5 Å². The molecule has 0 heterocycles. The number of ether oxygens (including phenoxy) is 2. The van der Waals surface area contributed by atoms with Crippen molar-refractivity contribution in [3.05, 3.63) is 93.2 Å². The van der Waals surface area contributed by atoms with Crippen LogP contribution in [0.25, 0.3) is 0 Å². The van der Waals surface area contributed by atoms with Crippen molar-refractivity contribution in [2.45, 2.75) is 13.5 Å². The Bertz CT molecular complexity index is 1180. The molecule has 0 aliphatic carbocycles. The second kappa shape index (κ2) is 11.1. The van der Waals surface area contributed by atoms with Gasteiger partial charge < -0.3 is 9.47 Å². The Morgan fingerprint density at radius 3 is 2.66 bits per heavy atom. The molecule has 0 aliphatic heterocycles. The molecule has 0 spiro atoms. The van der Waals surface area contributed by atoms with Crippen LogP contribution in [0.2, 0.25) is 0 Å². The Kier molecular flexibility index (Phi) is 7.95. The molecule has 162 valence electrons. The van der Waals surface area contributed by atoms with E-state index in [2.05, 4.69) is 26.5 Å². The second-order valence-electron chi connectivity index (χ2n) is 6.54. The SMILES string of the molecule is CCOc1cc(C=NNC(=O)c2ccc(C#N)cc2F)cc(Br)c1OCc1ccccc1. The van der Waals surface area contributed by atoms with Crippen molar-refractivity contribution in [2.24, 2.45) is 5.10 Å². The summed E-state index contributed by atoms with van der Waals surface area (Å²) in [6.45, 7) is 2.67. The maximum Gasteiger partial charge on any atom is 0.274 e. The third kappa shape index (κ3) is 5.93. The quantitative estimate of drug-likeness (QED) is 0.343. The number of carbonyl (C=O) groups excluding carboxylic acids is 1. The average molecular weight is 496 g/mol. The summed E-state index contributed by atoms with van der Waals surface area (Å²) in [6.07, 6.45) is 1.41. The van der Waals surface area contributed by atoms with Gasteiger partial charge in [0.25, 0.3) is 5.91 Å². The van der Waals surface area contributed by atoms with Gasteiger partial charge in [-0.3, -0.25) is 4.79 Å². The van der Waals surface area contributed by atoms with Crippen molar-refractivity contribution < 1.29 is 18.7 Å². The van der Waals surface area contributed by atoms with E-state index in [1.54, 1.807) is 12.1 Å². The zero-order valence-electron chi connectivity index (χ0n) is 17.1. The minimum Gasteiger partial charge on any atom is -0.490 e. The van der Waals surface area contributed by atoms with Gasteiger partial charge in [0, 0.05) is 0 Å². The minimum atomic E-state index is -0.793. The zero-order valence-corrected chi connectivity index (χ0v) is 18.7. The largest absolute Gasteiger partial charge is 0.490 e. The van der Waals surface area contributed by atoms with E-state index in [4.69, 9.17) is 14.7 Å². The highest BCUT2D eigenvalue weighted by Gasteiger charge is 2.13. The molecular formula is C24H19BrFN3O3. The van der Waals surface area contributed by atoms with Crippen LogP contribution < -0.4 is 14.9 Å². The monoisotopic (exact) mass is 495 g/mol. The van der Waals surface area contributed by atoms with Crippen LogP contribution >= 0.6 is 15.9 Å². The maximum atomic E-state index is 14.0. The Balaban J connectivity index is 1.73. The minimum absolute atomic E-state index is 0.130. The van der Waals surface area contributed by atoms with Gasteiger partial charge in [0.05, 0.1) is 34.5 Å². The first-order valence-electron chi connectivity index (χ1n) is 9.68. The Hall–Kier alpha value is -3.70. The van der Waals surface area contributed by atoms with E-state index < -0.39 is 11.7 Å². The molecule has 3 aromatic rings. The van der Waals surface area contributed by atoms with Crippen LogP contribution in [0.3, 0.4) is 0 Å². The van der Waals surface area contributed by atoms with Gasteiger partial charge in [-0.25, -0.2) is 9.82 Å². The van der Waals surface area contributed by atoms with E-state index >= 15 is 0 Å². The van der Waals surface area contributed by atoms with E-state index in [1.807, 2.05) is 43.3 Å². The number of hydrazone groups is 1. The lowest BCUT2D eigenvalue weighted by atomic mass is 10.1. The number of nitrogens with one attached hydrogen (secondary N) is 1. The first-order valence-corrected chi connectivity index (χ1v) is 10.5. The molecule has 0 fully saturated rings. The predicted molar refractivity (Wildman–Crippen MR) is 122 cm³/mol. The molecule has 3 aromatic carbocycles. The normalized spacial score (nSPS) is 10.6. The topological polar surface area (TPSA) is 83.7 Å². The van der Waals surface area contributed by atoms with Gasteiger partial charge in [-0.2, -0.15) is 10.4 Å². The summed E-state index contributed by atoms with van der Waals surface area (Å²) in [5.41, 5.74) is 3.85. The van der Waals surface area contributed by atoms with Gasteiger partial charge in [-0.1, -0.05) is 30.3 Å². The fraction of sp³-hybridized carbons (Fsp3) is 0.125. The fourth-order valence-corrected chi connectivity index (χ4v) is 3.36. The first kappa shape index (κ1) is 23.0. The lowest BCUT2D eigenvalue weighted by Gasteiger charge is -2.14. The van der Waals surface area contributed by atoms with Crippen molar-refractivity contribution >= 4 is 28.1 Å². The average Bonchev–Trinajstić information content (AvgIpc) is 2.79. The zero-order chi connectivity index (χ0) is 22.9. The first-order chi connectivity index (χ1) is 15.5. The molecule has 0 unspecified atom stereocenters. The predicted octanol–water partition coefficient (Wildman–Crippen LogP) is 5.20. The van der Waals surface area contributed by atoms with Gasteiger partial charge >= 0.3 is 0 Å². The molecule has 6 nitrogen and oxygen atoms in total. The lowest BCUT2D eigenvalue weighted by Crippen LogP contribution is -2.19. The highest BCUT2D eigenvalue weighted by atomic mass is 79.9. The molecule has 32 heavy (non-hydrogen) atoms. The summed E-state index contributed by atoms with van der Waals surface area (Å²) in [4.78, 5) is 12.2. The van der Waals surface area contributed by atoms with Crippen LogP contribution in [0.15, 0.2) is 70.2 Å². The highest BCUT2D eigenvalue weighted by molar-refractivity contribution is 9.10. The number of hydrogen-bond donors (Lipinski definition) is 1. The van der Waals surface area contributed by atoms with Crippen molar-refractivity contribution in [3.63, 3.8) is 0 Å². The summed E-state index contributed by atoms with van der Waals surface area (Å²) in [5, 5.41) is 12.7. The van der Waals surface area contributed by atoms with Gasteiger partial charge in [-0.05, 0) is 64.3 Å². The maximum absolute atomic E-state index is 14.0. The van der Waals surface area contributed by atoms with E-state index in [-0.39, 0.29) is 11.1 Å². The van der Waals surface area contributed by atoms with E-state index in [0.29, 0.717) is 34.7 Å². The molecule has 8 heteroatoms. The number of halogens is 2. The van der Waals surface area contributed by atoms with Crippen molar-refractivity contribution in [3.8, 4) is 17.6 Å². The molecule has 1 N–H and O–H groups in total. The third-order valence-electron chi connectivity index (χ3n) is 4.28. The number of nitrogens with zero attached hydrogens (tertiary/aromatic N) is 2. The number of amides is 1. The molecule has 1 amide bonds. The summed E-state index contributed by atoms with van der Waals surface area (Å²) < 4.78 is 26.3. The van der Waals surface area contributed by atoms with Crippen LogP contribution in [0.1, 0.15) is 34.0 Å². The van der Waals surface area contributed by atoms with Crippen LogP contribution in [0, 0.1) is 17.1 Å². The molecule has 0 atom stereocenters. The summed E-state index contributed by atoms with van der Waals surface area (Å²) in [5.74, 6) is -0.451. The molecule has 0 aliphatic rings.